The molecule has 0 amide bonds. The number of nitrogens with two attached hydrogens (primary N) is 1. The SMILES string of the molecule is CCOc1cc(CN(c2nc3cc(Cl)c(S(N)(=O)=O)cc3o2)C2CCNCC2)ccc1C. The van der Waals surface area contributed by atoms with Crippen LogP contribution in [0, 0.1) is 6.92 Å². The summed E-state index contributed by atoms with van der Waals surface area (Å²) in [6.45, 7) is 6.97. The number of oxazole rings is 1. The van der Waals surface area contributed by atoms with Crippen molar-refractivity contribution in [3.8, 4) is 5.75 Å². The Hall–Kier alpha value is -2.33. The second kappa shape index (κ2) is 9.27. The third-order valence-corrected chi connectivity index (χ3v) is 7.01. The van der Waals surface area contributed by atoms with Gasteiger partial charge < -0.3 is 19.4 Å². The van der Waals surface area contributed by atoms with E-state index in [1.807, 2.05) is 26.0 Å². The van der Waals surface area contributed by atoms with Gasteiger partial charge in [-0.15, -0.1) is 0 Å². The first kappa shape index (κ1) is 22.8. The topological polar surface area (TPSA) is 111 Å². The number of aryl methyl sites for hydroxylation is 1. The molecule has 0 spiro atoms. The second-order valence-corrected chi connectivity index (χ2v) is 9.87. The molecule has 10 heteroatoms. The minimum Gasteiger partial charge on any atom is -0.494 e. The zero-order chi connectivity index (χ0) is 22.9. The summed E-state index contributed by atoms with van der Waals surface area (Å²) in [6.07, 6.45) is 1.87. The van der Waals surface area contributed by atoms with Crippen molar-refractivity contribution in [1.82, 2.24) is 10.3 Å². The van der Waals surface area contributed by atoms with Crippen LogP contribution in [0.4, 0.5) is 6.01 Å². The van der Waals surface area contributed by atoms with E-state index in [1.54, 1.807) is 0 Å². The van der Waals surface area contributed by atoms with E-state index in [-0.39, 0.29) is 16.0 Å². The fourth-order valence-corrected chi connectivity index (χ4v) is 5.06. The molecule has 0 aliphatic carbocycles. The van der Waals surface area contributed by atoms with Gasteiger partial charge in [-0.2, -0.15) is 4.98 Å². The van der Waals surface area contributed by atoms with E-state index < -0.39 is 10.0 Å². The quantitative estimate of drug-likeness (QED) is 0.533. The van der Waals surface area contributed by atoms with E-state index in [0.29, 0.717) is 30.3 Å². The van der Waals surface area contributed by atoms with Crippen LogP contribution in [0.5, 0.6) is 5.75 Å². The first-order valence-electron chi connectivity index (χ1n) is 10.6. The van der Waals surface area contributed by atoms with Gasteiger partial charge in [-0.25, -0.2) is 13.6 Å². The molecule has 1 saturated heterocycles. The molecule has 2 aromatic carbocycles. The first-order valence-corrected chi connectivity index (χ1v) is 12.5. The van der Waals surface area contributed by atoms with Gasteiger partial charge in [-0.1, -0.05) is 23.7 Å². The number of hydrogen-bond donors (Lipinski definition) is 2. The summed E-state index contributed by atoms with van der Waals surface area (Å²) in [4.78, 5) is 6.58. The number of halogens is 1. The number of benzene rings is 2. The number of hydrogen-bond acceptors (Lipinski definition) is 7. The lowest BCUT2D eigenvalue weighted by Crippen LogP contribution is -2.43. The third-order valence-electron chi connectivity index (χ3n) is 5.64. The highest BCUT2D eigenvalue weighted by Gasteiger charge is 2.26. The summed E-state index contributed by atoms with van der Waals surface area (Å²) < 4.78 is 35.5. The fraction of sp³-hybridized carbons (Fsp3) is 0.409. The maximum Gasteiger partial charge on any atom is 0.298 e. The predicted octanol–water partition coefficient (Wildman–Crippen LogP) is 3.59. The highest BCUT2D eigenvalue weighted by Crippen LogP contribution is 2.32. The van der Waals surface area contributed by atoms with Crippen molar-refractivity contribution in [2.24, 2.45) is 5.14 Å². The molecular weight excluding hydrogens is 452 g/mol. The molecule has 1 aliphatic heterocycles. The number of rotatable bonds is 7. The number of nitrogens with one attached hydrogen (secondary N) is 1. The molecule has 0 saturated carbocycles. The van der Waals surface area contributed by atoms with E-state index in [9.17, 15) is 8.42 Å². The molecule has 0 radical (unpaired) electrons. The Labute approximate surface area is 192 Å². The summed E-state index contributed by atoms with van der Waals surface area (Å²) in [7, 11) is -3.97. The Kier molecular flexibility index (Phi) is 6.62. The summed E-state index contributed by atoms with van der Waals surface area (Å²) in [5.74, 6) is 0.859. The average Bonchev–Trinajstić information content (AvgIpc) is 3.16. The Morgan fingerprint density at radius 2 is 2.03 bits per heavy atom. The van der Waals surface area contributed by atoms with Crippen LogP contribution >= 0.6 is 11.6 Å². The number of piperidine rings is 1. The second-order valence-electron chi connectivity index (χ2n) is 7.93. The van der Waals surface area contributed by atoms with Gasteiger partial charge in [0.15, 0.2) is 5.58 Å². The summed E-state index contributed by atoms with van der Waals surface area (Å²) in [6, 6.07) is 9.62. The van der Waals surface area contributed by atoms with Crippen molar-refractivity contribution in [3.63, 3.8) is 0 Å². The number of aromatic nitrogens is 1. The largest absolute Gasteiger partial charge is 0.494 e. The lowest BCUT2D eigenvalue weighted by Gasteiger charge is -2.33. The van der Waals surface area contributed by atoms with Crippen molar-refractivity contribution in [2.45, 2.75) is 44.2 Å². The normalized spacial score (nSPS) is 15.2. The number of primary sulfonamides is 1. The molecule has 0 bridgehead atoms. The summed E-state index contributed by atoms with van der Waals surface area (Å²) in [5.41, 5.74) is 2.96. The summed E-state index contributed by atoms with van der Waals surface area (Å²) in [5, 5.41) is 8.68. The number of fused-ring (bicyclic) bond motifs is 1. The molecule has 1 aliphatic rings. The van der Waals surface area contributed by atoms with Crippen LogP contribution in [0.2, 0.25) is 5.02 Å². The van der Waals surface area contributed by atoms with Crippen molar-refractivity contribution >= 4 is 38.7 Å². The van der Waals surface area contributed by atoms with E-state index in [1.165, 1.54) is 12.1 Å². The van der Waals surface area contributed by atoms with Gasteiger partial charge >= 0.3 is 0 Å². The number of nitrogens with zero attached hydrogens (tertiary/aromatic N) is 2. The smallest absolute Gasteiger partial charge is 0.298 e. The molecule has 172 valence electrons. The van der Waals surface area contributed by atoms with E-state index in [2.05, 4.69) is 21.3 Å². The van der Waals surface area contributed by atoms with Gasteiger partial charge in [0, 0.05) is 18.7 Å². The monoisotopic (exact) mass is 478 g/mol. The van der Waals surface area contributed by atoms with Gasteiger partial charge in [-0.05, 0) is 63.0 Å². The molecule has 4 rings (SSSR count). The molecule has 1 aromatic heterocycles. The highest BCUT2D eigenvalue weighted by atomic mass is 35.5. The molecule has 0 unspecified atom stereocenters. The van der Waals surface area contributed by atoms with E-state index in [4.69, 9.17) is 25.9 Å². The number of ether oxygens (including phenoxy) is 1. The summed E-state index contributed by atoms with van der Waals surface area (Å²) >= 11 is 6.14. The molecule has 3 aromatic rings. The van der Waals surface area contributed by atoms with Gasteiger partial charge in [0.05, 0.1) is 11.6 Å². The van der Waals surface area contributed by atoms with Crippen molar-refractivity contribution < 1.29 is 17.6 Å². The van der Waals surface area contributed by atoms with Crippen molar-refractivity contribution in [1.29, 1.82) is 0 Å². The van der Waals surface area contributed by atoms with Crippen LogP contribution in [-0.2, 0) is 16.6 Å². The number of anilines is 1. The molecule has 0 atom stereocenters. The molecule has 1 fully saturated rings. The van der Waals surface area contributed by atoms with E-state index >= 15 is 0 Å². The first-order chi connectivity index (χ1) is 15.3. The lowest BCUT2D eigenvalue weighted by molar-refractivity contribution is 0.337. The molecule has 32 heavy (non-hydrogen) atoms. The Bertz CT molecular complexity index is 1220. The van der Waals surface area contributed by atoms with Crippen LogP contribution in [-0.4, -0.2) is 39.1 Å². The van der Waals surface area contributed by atoms with Gasteiger partial charge in [0.2, 0.25) is 10.0 Å². The standard InChI is InChI=1S/C22H27ClN4O4S/c1-3-30-19-10-15(5-4-14(19)2)13-27(16-6-8-25-9-7-16)22-26-18-11-17(23)21(32(24,28)29)12-20(18)31-22/h4-5,10-12,16,25H,3,6-9,13H2,1-2H3,(H2,24,28,29). The zero-order valence-corrected chi connectivity index (χ0v) is 19.7. The minimum absolute atomic E-state index is 0.0214. The fourth-order valence-electron chi connectivity index (χ4n) is 3.98. The molecule has 3 N–H and O–H groups in total. The van der Waals surface area contributed by atoms with Gasteiger partial charge in [-0.3, -0.25) is 0 Å². The van der Waals surface area contributed by atoms with Crippen molar-refractivity contribution in [2.75, 3.05) is 24.6 Å². The third kappa shape index (κ3) is 4.85. The average molecular weight is 479 g/mol. The van der Waals surface area contributed by atoms with Gasteiger partial charge in [0.25, 0.3) is 6.01 Å². The van der Waals surface area contributed by atoms with Crippen LogP contribution in [0.3, 0.4) is 0 Å². The predicted molar refractivity (Wildman–Crippen MR) is 125 cm³/mol. The van der Waals surface area contributed by atoms with Gasteiger partial charge in [0.1, 0.15) is 16.2 Å². The van der Waals surface area contributed by atoms with Crippen LogP contribution in [0.15, 0.2) is 39.6 Å². The maximum atomic E-state index is 11.8. The molecule has 2 heterocycles. The minimum atomic E-state index is -3.97. The molecular formula is C22H27ClN4O4S. The Morgan fingerprint density at radius 1 is 1.28 bits per heavy atom. The van der Waals surface area contributed by atoms with Crippen LogP contribution < -0.4 is 20.1 Å². The Balaban J connectivity index is 1.74. The van der Waals surface area contributed by atoms with Crippen LogP contribution in [0.25, 0.3) is 11.1 Å². The maximum absolute atomic E-state index is 11.8. The van der Waals surface area contributed by atoms with E-state index in [0.717, 1.165) is 42.8 Å². The van der Waals surface area contributed by atoms with Crippen LogP contribution in [0.1, 0.15) is 30.9 Å². The van der Waals surface area contributed by atoms with Crippen molar-refractivity contribution in [3.05, 3.63) is 46.5 Å². The number of sulfonamides is 1. The molecule has 8 nitrogen and oxygen atoms in total. The zero-order valence-electron chi connectivity index (χ0n) is 18.1. The highest BCUT2D eigenvalue weighted by molar-refractivity contribution is 7.89. The lowest BCUT2D eigenvalue weighted by atomic mass is 10.0. The Morgan fingerprint density at radius 3 is 2.72 bits per heavy atom.